The van der Waals surface area contributed by atoms with E-state index >= 15 is 0 Å². The molecule has 1 aliphatic rings. The number of amides is 2. The minimum Gasteiger partial charge on any atom is -0.478 e. The van der Waals surface area contributed by atoms with Crippen LogP contribution in [0.25, 0.3) is 0 Å². The molecule has 0 saturated heterocycles. The molecule has 1 N–H and O–H groups in total. The van der Waals surface area contributed by atoms with E-state index < -0.39 is 35.6 Å². The molecule has 0 fully saturated rings. The van der Waals surface area contributed by atoms with Crippen molar-refractivity contribution in [2.75, 3.05) is 10.2 Å². The van der Waals surface area contributed by atoms with Crippen molar-refractivity contribution in [1.82, 2.24) is 4.98 Å². The molecule has 0 radical (unpaired) electrons. The summed E-state index contributed by atoms with van der Waals surface area (Å²) < 4.78 is 50.0. The molecule has 2 aromatic carbocycles. The Balaban J connectivity index is 1.40. The summed E-state index contributed by atoms with van der Waals surface area (Å²) in [5, 5.41) is 4.29. The number of rotatable bonds is 6. The monoisotopic (exact) mass is 505 g/mol. The summed E-state index contributed by atoms with van der Waals surface area (Å²) in [4.78, 5) is 41.9. The number of alkyl halides is 3. The molecule has 0 spiro atoms. The van der Waals surface area contributed by atoms with Crippen LogP contribution in [0.5, 0.6) is 5.75 Å². The van der Waals surface area contributed by atoms with Crippen LogP contribution >= 0.6 is 11.3 Å². The van der Waals surface area contributed by atoms with Crippen LogP contribution in [0.2, 0.25) is 0 Å². The number of hydrogen-bond acceptors (Lipinski definition) is 7. The number of hydrogen-bond donors (Lipinski definition) is 1. The Kier molecular flexibility index (Phi) is 6.74. The van der Waals surface area contributed by atoms with Crippen molar-refractivity contribution < 1.29 is 37.0 Å². The van der Waals surface area contributed by atoms with Gasteiger partial charge in [0.2, 0.25) is 5.91 Å². The van der Waals surface area contributed by atoms with Crippen molar-refractivity contribution in [3.63, 3.8) is 0 Å². The number of carbonyl (C=O) groups is 3. The van der Waals surface area contributed by atoms with Crippen LogP contribution in [-0.2, 0) is 31.9 Å². The second kappa shape index (κ2) is 9.74. The number of carbonyl (C=O) groups excluding carboxylic acids is 3. The molecule has 2 amide bonds. The van der Waals surface area contributed by atoms with Crippen molar-refractivity contribution in [2.45, 2.75) is 32.2 Å². The molecule has 8 nitrogen and oxygen atoms in total. The molecule has 182 valence electrons. The molecule has 1 aliphatic heterocycles. The van der Waals surface area contributed by atoms with E-state index in [0.717, 1.165) is 28.4 Å². The summed E-state index contributed by atoms with van der Waals surface area (Å²) in [5.74, 6) is -1.29. The van der Waals surface area contributed by atoms with E-state index in [4.69, 9.17) is 9.47 Å². The number of nitrogens with zero attached hydrogens (tertiary/aromatic N) is 2. The van der Waals surface area contributed by atoms with Crippen LogP contribution < -0.4 is 15.0 Å². The average Bonchev–Trinajstić information content (AvgIpc) is 3.26. The number of nitrogens with one attached hydrogen (secondary N) is 1. The fraction of sp³-hybridized carbons (Fsp3) is 0.217. The van der Waals surface area contributed by atoms with Crippen LogP contribution in [0.3, 0.4) is 0 Å². The maximum absolute atomic E-state index is 13.1. The van der Waals surface area contributed by atoms with Crippen molar-refractivity contribution in [2.24, 2.45) is 0 Å². The van der Waals surface area contributed by atoms with Gasteiger partial charge in [-0.2, -0.15) is 13.2 Å². The van der Waals surface area contributed by atoms with E-state index in [1.54, 1.807) is 24.3 Å². The van der Waals surface area contributed by atoms with Crippen molar-refractivity contribution in [1.29, 1.82) is 0 Å². The second-order valence-corrected chi connectivity index (χ2v) is 8.32. The number of benzene rings is 2. The molecule has 3 aromatic rings. The van der Waals surface area contributed by atoms with Gasteiger partial charge in [-0.15, -0.1) is 11.3 Å². The van der Waals surface area contributed by atoms with Crippen LogP contribution in [0.1, 0.15) is 24.6 Å². The largest absolute Gasteiger partial charge is 0.478 e. The van der Waals surface area contributed by atoms with Gasteiger partial charge in [-0.3, -0.25) is 19.3 Å². The highest BCUT2D eigenvalue weighted by atomic mass is 32.1. The van der Waals surface area contributed by atoms with Gasteiger partial charge in [0.1, 0.15) is 12.4 Å². The van der Waals surface area contributed by atoms with E-state index in [0.29, 0.717) is 11.4 Å². The highest BCUT2D eigenvalue weighted by molar-refractivity contribution is 7.14. The normalized spacial score (nSPS) is 15.0. The summed E-state index contributed by atoms with van der Waals surface area (Å²) in [6.45, 7) is 0.948. The van der Waals surface area contributed by atoms with Gasteiger partial charge in [-0.05, 0) is 30.3 Å². The second-order valence-electron chi connectivity index (χ2n) is 7.48. The summed E-state index contributed by atoms with van der Waals surface area (Å²) in [7, 11) is 0. The number of ether oxygens (including phenoxy) is 2. The third kappa shape index (κ3) is 5.60. The molecule has 1 aromatic heterocycles. The predicted molar refractivity (Wildman–Crippen MR) is 120 cm³/mol. The molecule has 12 heteroatoms. The van der Waals surface area contributed by atoms with Gasteiger partial charge in [0.15, 0.2) is 11.2 Å². The lowest BCUT2D eigenvalue weighted by atomic mass is 10.1. The van der Waals surface area contributed by atoms with E-state index in [9.17, 15) is 27.6 Å². The number of fused-ring (bicyclic) bond motifs is 1. The molecule has 2 heterocycles. The Labute approximate surface area is 201 Å². The van der Waals surface area contributed by atoms with Gasteiger partial charge in [0.05, 0.1) is 29.1 Å². The average molecular weight is 505 g/mol. The zero-order valence-corrected chi connectivity index (χ0v) is 19.0. The van der Waals surface area contributed by atoms with Gasteiger partial charge in [0, 0.05) is 12.3 Å². The van der Waals surface area contributed by atoms with Crippen LogP contribution in [0, 0.1) is 0 Å². The number of halogens is 3. The first-order chi connectivity index (χ1) is 16.6. The fourth-order valence-corrected chi connectivity index (χ4v) is 4.18. The van der Waals surface area contributed by atoms with E-state index in [1.807, 2.05) is 0 Å². The summed E-state index contributed by atoms with van der Waals surface area (Å²) in [5.41, 5.74) is -0.0987. The standard InChI is InChI=1S/C23H18F3N3O5S/c1-13(30)29(16-6-4-5-14(9-16)23(24,25)26)22-27-15(12-35-22)11-33-20(31)10-19-21(32)28-17-7-2-3-8-18(17)34-19/h2-9,12,19H,10-11H2,1H3,(H,28,32). The van der Waals surface area contributed by atoms with Gasteiger partial charge in [-0.25, -0.2) is 4.98 Å². The molecular weight excluding hydrogens is 487 g/mol. The highest BCUT2D eigenvalue weighted by Gasteiger charge is 2.32. The molecule has 1 unspecified atom stereocenters. The summed E-state index contributed by atoms with van der Waals surface area (Å²) >= 11 is 1.01. The van der Waals surface area contributed by atoms with Gasteiger partial charge >= 0.3 is 12.1 Å². The zero-order valence-electron chi connectivity index (χ0n) is 18.2. The molecule has 4 rings (SSSR count). The number of anilines is 3. The molecule has 1 atom stereocenters. The molecule has 0 bridgehead atoms. The molecule has 0 aliphatic carbocycles. The molecule has 0 saturated carbocycles. The van der Waals surface area contributed by atoms with Gasteiger partial charge in [-0.1, -0.05) is 18.2 Å². The number of esters is 1. The Bertz CT molecular complexity index is 1280. The van der Waals surface area contributed by atoms with Gasteiger partial charge in [0.25, 0.3) is 5.91 Å². The number of para-hydroxylation sites is 2. The Hall–Kier alpha value is -3.93. The van der Waals surface area contributed by atoms with Crippen molar-refractivity contribution in [3.8, 4) is 5.75 Å². The zero-order chi connectivity index (χ0) is 25.2. The molecule has 35 heavy (non-hydrogen) atoms. The smallest absolute Gasteiger partial charge is 0.416 e. The van der Waals surface area contributed by atoms with Crippen LogP contribution in [0.15, 0.2) is 53.9 Å². The summed E-state index contributed by atoms with van der Waals surface area (Å²) in [6, 6.07) is 11.1. The first-order valence-corrected chi connectivity index (χ1v) is 11.1. The Morgan fingerprint density at radius 2 is 1.97 bits per heavy atom. The van der Waals surface area contributed by atoms with E-state index in [1.165, 1.54) is 24.4 Å². The third-order valence-electron chi connectivity index (χ3n) is 4.92. The number of thiazole rings is 1. The van der Waals surface area contributed by atoms with Crippen molar-refractivity contribution in [3.05, 3.63) is 65.2 Å². The van der Waals surface area contributed by atoms with Crippen molar-refractivity contribution >= 4 is 45.6 Å². The minimum atomic E-state index is -4.57. The topological polar surface area (TPSA) is 97.8 Å². The Morgan fingerprint density at radius 3 is 2.71 bits per heavy atom. The first kappa shape index (κ1) is 24.2. The number of aromatic nitrogens is 1. The summed E-state index contributed by atoms with van der Waals surface area (Å²) in [6.07, 6.45) is -5.96. The predicted octanol–water partition coefficient (Wildman–Crippen LogP) is 4.68. The van der Waals surface area contributed by atoms with Crippen LogP contribution in [0.4, 0.5) is 29.7 Å². The lowest BCUT2D eigenvalue weighted by molar-refractivity contribution is -0.149. The van der Waals surface area contributed by atoms with E-state index in [-0.39, 0.29) is 29.5 Å². The Morgan fingerprint density at radius 1 is 1.20 bits per heavy atom. The maximum atomic E-state index is 13.1. The van der Waals surface area contributed by atoms with Gasteiger partial charge < -0.3 is 14.8 Å². The van der Waals surface area contributed by atoms with E-state index in [2.05, 4.69) is 10.3 Å². The lowest BCUT2D eigenvalue weighted by Crippen LogP contribution is -2.38. The first-order valence-electron chi connectivity index (χ1n) is 10.3. The maximum Gasteiger partial charge on any atom is 0.416 e. The SMILES string of the molecule is CC(=O)N(c1cccc(C(F)(F)F)c1)c1nc(COC(=O)CC2Oc3ccccc3NC2=O)cs1. The fourth-order valence-electron chi connectivity index (χ4n) is 3.31. The quantitative estimate of drug-likeness (QED) is 0.489. The highest BCUT2D eigenvalue weighted by Crippen LogP contribution is 2.35. The molecular formula is C23H18F3N3O5S. The lowest BCUT2D eigenvalue weighted by Gasteiger charge is -2.25. The van der Waals surface area contributed by atoms with Crippen LogP contribution in [-0.4, -0.2) is 28.9 Å². The minimum absolute atomic E-state index is 0.00552. The third-order valence-corrected chi connectivity index (χ3v) is 5.79.